The highest BCUT2D eigenvalue weighted by Crippen LogP contribution is 2.13. The summed E-state index contributed by atoms with van der Waals surface area (Å²) in [6, 6.07) is 13.3. The Labute approximate surface area is 147 Å². The van der Waals surface area contributed by atoms with Crippen molar-refractivity contribution < 1.29 is 14.3 Å². The van der Waals surface area contributed by atoms with Crippen LogP contribution in [-0.4, -0.2) is 43.3 Å². The van der Waals surface area contributed by atoms with E-state index in [4.69, 9.17) is 9.47 Å². The van der Waals surface area contributed by atoms with E-state index in [2.05, 4.69) is 15.2 Å². The molecule has 3 rings (SSSR count). The molecule has 1 aromatic heterocycles. The highest BCUT2D eigenvalue weighted by Gasteiger charge is 2.15. The average Bonchev–Trinajstić information content (AvgIpc) is 2.68. The first-order valence-electron chi connectivity index (χ1n) is 8.49. The summed E-state index contributed by atoms with van der Waals surface area (Å²) in [6.45, 7) is 5.35. The van der Waals surface area contributed by atoms with Gasteiger partial charge in [0.05, 0.1) is 13.2 Å². The minimum absolute atomic E-state index is 0.152. The maximum atomic E-state index is 12.2. The minimum atomic E-state index is -0.553. The maximum absolute atomic E-state index is 12.2. The lowest BCUT2D eigenvalue weighted by molar-refractivity contribution is -0.127. The van der Waals surface area contributed by atoms with Crippen LogP contribution in [0, 0.1) is 0 Å². The molecule has 1 aliphatic heterocycles. The van der Waals surface area contributed by atoms with Gasteiger partial charge in [-0.15, -0.1) is 0 Å². The van der Waals surface area contributed by atoms with Gasteiger partial charge in [0.25, 0.3) is 5.91 Å². The van der Waals surface area contributed by atoms with Gasteiger partial charge in [-0.25, -0.2) is 4.98 Å². The van der Waals surface area contributed by atoms with Gasteiger partial charge in [0.2, 0.25) is 0 Å². The van der Waals surface area contributed by atoms with Crippen molar-refractivity contribution in [1.29, 1.82) is 0 Å². The predicted octanol–water partition coefficient (Wildman–Crippen LogP) is 2.00. The molecule has 0 aliphatic carbocycles. The van der Waals surface area contributed by atoms with Crippen LogP contribution in [0.5, 0.6) is 5.75 Å². The van der Waals surface area contributed by atoms with Crippen LogP contribution in [0.4, 0.5) is 5.82 Å². The minimum Gasteiger partial charge on any atom is -0.481 e. The van der Waals surface area contributed by atoms with E-state index in [1.165, 1.54) is 0 Å². The van der Waals surface area contributed by atoms with Crippen molar-refractivity contribution in [2.24, 2.45) is 0 Å². The van der Waals surface area contributed by atoms with Gasteiger partial charge in [0.1, 0.15) is 11.6 Å². The molecule has 6 nitrogen and oxygen atoms in total. The van der Waals surface area contributed by atoms with Crippen LogP contribution in [0.3, 0.4) is 0 Å². The van der Waals surface area contributed by atoms with Crippen LogP contribution < -0.4 is 15.0 Å². The summed E-state index contributed by atoms with van der Waals surface area (Å²) in [4.78, 5) is 18.8. The first-order valence-corrected chi connectivity index (χ1v) is 8.49. The molecule has 1 saturated heterocycles. The molecule has 0 radical (unpaired) electrons. The number of carbonyl (C=O) groups excluding carboxylic acids is 1. The molecule has 2 aromatic rings. The molecule has 2 heterocycles. The Morgan fingerprint density at radius 3 is 2.68 bits per heavy atom. The van der Waals surface area contributed by atoms with Crippen molar-refractivity contribution in [3.63, 3.8) is 0 Å². The van der Waals surface area contributed by atoms with Gasteiger partial charge >= 0.3 is 0 Å². The number of benzene rings is 1. The van der Waals surface area contributed by atoms with Gasteiger partial charge in [0, 0.05) is 25.8 Å². The number of ether oxygens (including phenoxy) is 2. The number of para-hydroxylation sites is 1. The van der Waals surface area contributed by atoms with E-state index in [0.717, 1.165) is 37.7 Å². The van der Waals surface area contributed by atoms with Gasteiger partial charge < -0.3 is 19.7 Å². The summed E-state index contributed by atoms with van der Waals surface area (Å²) in [6.07, 6.45) is 1.25. The lowest BCUT2D eigenvalue weighted by Gasteiger charge is -2.27. The van der Waals surface area contributed by atoms with Crippen molar-refractivity contribution in [3.05, 3.63) is 54.2 Å². The number of nitrogens with zero attached hydrogens (tertiary/aromatic N) is 2. The Kier molecular flexibility index (Phi) is 5.85. The number of hydrogen-bond acceptors (Lipinski definition) is 5. The summed E-state index contributed by atoms with van der Waals surface area (Å²) in [5, 5.41) is 2.88. The molecule has 1 amide bonds. The summed E-state index contributed by atoms with van der Waals surface area (Å²) >= 11 is 0. The van der Waals surface area contributed by atoms with E-state index >= 15 is 0 Å². The first kappa shape index (κ1) is 17.2. The maximum Gasteiger partial charge on any atom is 0.261 e. The van der Waals surface area contributed by atoms with Crippen LogP contribution in [0.1, 0.15) is 12.5 Å². The molecule has 0 saturated carbocycles. The van der Waals surface area contributed by atoms with Crippen molar-refractivity contribution in [2.75, 3.05) is 31.2 Å². The Morgan fingerprint density at radius 2 is 2.00 bits per heavy atom. The quantitative estimate of drug-likeness (QED) is 0.871. The fourth-order valence-corrected chi connectivity index (χ4v) is 2.59. The van der Waals surface area contributed by atoms with E-state index in [1.807, 2.05) is 42.5 Å². The number of nitrogens with one attached hydrogen (secondary N) is 1. The molecule has 6 heteroatoms. The largest absolute Gasteiger partial charge is 0.481 e. The first-order chi connectivity index (χ1) is 12.2. The van der Waals surface area contributed by atoms with Crippen LogP contribution in [0.25, 0.3) is 0 Å². The molecule has 1 N–H and O–H groups in total. The molecule has 1 aliphatic rings. The number of carbonyl (C=O) groups is 1. The zero-order chi connectivity index (χ0) is 17.5. The molecular weight excluding hydrogens is 318 g/mol. The number of hydrogen-bond donors (Lipinski definition) is 1. The summed E-state index contributed by atoms with van der Waals surface area (Å²) in [5.41, 5.74) is 0.956. The third kappa shape index (κ3) is 4.93. The highest BCUT2D eigenvalue weighted by atomic mass is 16.5. The van der Waals surface area contributed by atoms with Crippen molar-refractivity contribution in [1.82, 2.24) is 10.3 Å². The molecule has 1 atom stereocenters. The number of aromatic nitrogens is 1. The Balaban J connectivity index is 1.48. The van der Waals surface area contributed by atoms with Gasteiger partial charge in [-0.1, -0.05) is 24.3 Å². The fourth-order valence-electron chi connectivity index (χ4n) is 2.59. The molecule has 0 spiro atoms. The molecule has 1 aromatic carbocycles. The zero-order valence-electron chi connectivity index (χ0n) is 14.4. The highest BCUT2D eigenvalue weighted by molar-refractivity contribution is 5.80. The predicted molar refractivity (Wildman–Crippen MR) is 95.6 cm³/mol. The van der Waals surface area contributed by atoms with Gasteiger partial charge in [0.15, 0.2) is 6.10 Å². The van der Waals surface area contributed by atoms with Crippen molar-refractivity contribution in [3.8, 4) is 5.75 Å². The van der Waals surface area contributed by atoms with E-state index in [1.54, 1.807) is 13.1 Å². The number of rotatable bonds is 6. The molecule has 1 fully saturated rings. The average molecular weight is 341 g/mol. The van der Waals surface area contributed by atoms with Crippen molar-refractivity contribution in [2.45, 2.75) is 19.6 Å². The van der Waals surface area contributed by atoms with E-state index < -0.39 is 6.10 Å². The summed E-state index contributed by atoms with van der Waals surface area (Å²) in [7, 11) is 0. The summed E-state index contributed by atoms with van der Waals surface area (Å²) in [5.74, 6) is 1.47. The fraction of sp³-hybridized carbons (Fsp3) is 0.368. The standard InChI is InChI=1S/C19H23N3O3/c1-15(25-17-5-3-2-4-6-17)19(23)21-14-16-7-8-18(20-13-16)22-9-11-24-12-10-22/h2-8,13,15H,9-12,14H2,1H3,(H,21,23)/t15-/m1/s1. The number of morpholine rings is 1. The smallest absolute Gasteiger partial charge is 0.261 e. The Bertz CT molecular complexity index is 670. The topological polar surface area (TPSA) is 63.7 Å². The monoisotopic (exact) mass is 341 g/mol. The van der Waals surface area contributed by atoms with Gasteiger partial charge in [-0.2, -0.15) is 0 Å². The molecule has 0 unspecified atom stereocenters. The second-order valence-corrected chi connectivity index (χ2v) is 5.92. The Hall–Kier alpha value is -2.60. The lowest BCUT2D eigenvalue weighted by Crippen LogP contribution is -2.37. The normalized spacial score (nSPS) is 15.5. The number of anilines is 1. The van der Waals surface area contributed by atoms with Gasteiger partial charge in [-0.05, 0) is 30.7 Å². The van der Waals surface area contributed by atoms with Gasteiger partial charge in [-0.3, -0.25) is 4.79 Å². The van der Waals surface area contributed by atoms with Crippen LogP contribution >= 0.6 is 0 Å². The molecule has 132 valence electrons. The van der Waals surface area contributed by atoms with Crippen LogP contribution in [-0.2, 0) is 16.1 Å². The SMILES string of the molecule is C[C@@H](Oc1ccccc1)C(=O)NCc1ccc(N2CCOCC2)nc1. The lowest BCUT2D eigenvalue weighted by atomic mass is 10.2. The Morgan fingerprint density at radius 1 is 1.24 bits per heavy atom. The molecular formula is C19H23N3O3. The van der Waals surface area contributed by atoms with Crippen molar-refractivity contribution >= 4 is 11.7 Å². The second-order valence-electron chi connectivity index (χ2n) is 5.92. The van der Waals surface area contributed by atoms with E-state index in [0.29, 0.717) is 12.3 Å². The third-order valence-electron chi connectivity index (χ3n) is 4.04. The van der Waals surface area contributed by atoms with E-state index in [-0.39, 0.29) is 5.91 Å². The molecule has 25 heavy (non-hydrogen) atoms. The van der Waals surface area contributed by atoms with Crippen LogP contribution in [0.15, 0.2) is 48.7 Å². The number of pyridine rings is 1. The summed E-state index contributed by atoms with van der Waals surface area (Å²) < 4.78 is 11.0. The molecule has 0 bridgehead atoms. The van der Waals surface area contributed by atoms with E-state index in [9.17, 15) is 4.79 Å². The number of amides is 1. The van der Waals surface area contributed by atoms with Crippen LogP contribution in [0.2, 0.25) is 0 Å². The zero-order valence-corrected chi connectivity index (χ0v) is 14.4. The third-order valence-corrected chi connectivity index (χ3v) is 4.04. The second kappa shape index (κ2) is 8.48.